The maximum absolute atomic E-state index is 9.73. The van der Waals surface area contributed by atoms with Crippen molar-refractivity contribution in [2.45, 2.75) is 0 Å². The van der Waals surface area contributed by atoms with Crippen molar-refractivity contribution in [1.82, 2.24) is 5.32 Å². The number of carboxylic acids is 2. The molecule has 0 fully saturated rings. The highest BCUT2D eigenvalue weighted by molar-refractivity contribution is 5.72. The average Bonchev–Trinajstić information content (AvgIpc) is 2.03. The van der Waals surface area contributed by atoms with Gasteiger partial charge in [-0.05, 0) is 0 Å². The number of carbonyl (C=O) groups is 2. The lowest BCUT2D eigenvalue weighted by Gasteiger charge is -1.93. The molecule has 3 N–H and O–H groups in total. The third-order valence-corrected chi connectivity index (χ3v) is 0.644. The first-order valence-electron chi connectivity index (χ1n) is 3.19. The van der Waals surface area contributed by atoms with E-state index in [9.17, 15) is 9.59 Å². The summed E-state index contributed by atoms with van der Waals surface area (Å²) in [5, 5.41) is 25.6. The fraction of sp³-hybridized carbons (Fsp3) is 0.286. The van der Waals surface area contributed by atoms with Crippen molar-refractivity contribution in [3.63, 3.8) is 0 Å². The van der Waals surface area contributed by atoms with Crippen LogP contribution in [0.3, 0.4) is 0 Å². The van der Waals surface area contributed by atoms with Crippen molar-refractivity contribution in [1.29, 1.82) is 5.26 Å². The maximum Gasteiger partial charge on any atom is 0.317 e. The Hall–Kier alpha value is -1.87. The Kier molecular flexibility index (Phi) is 10.7. The number of carboxylic acid groups (broad SMARTS) is 2. The van der Waals surface area contributed by atoms with Crippen LogP contribution in [-0.2, 0) is 9.59 Å². The second kappa shape index (κ2) is 10.1. The summed E-state index contributed by atoms with van der Waals surface area (Å²) in [4.78, 5) is 19.5. The standard InChI is InChI=1S/C4H7NO4.C3H3N/c6-3(7)1-5-2-4(8)9;1-2-3-4/h5H,1-2H2,(H,6,7)(H,8,9);2H,1H2. The maximum atomic E-state index is 9.73. The van der Waals surface area contributed by atoms with E-state index in [0.29, 0.717) is 0 Å². The van der Waals surface area contributed by atoms with Crippen LogP contribution < -0.4 is 5.32 Å². The van der Waals surface area contributed by atoms with Gasteiger partial charge in [-0.15, -0.1) is 0 Å². The van der Waals surface area contributed by atoms with Gasteiger partial charge in [0.1, 0.15) is 0 Å². The molecule has 0 atom stereocenters. The summed E-state index contributed by atoms with van der Waals surface area (Å²) in [6.45, 7) is 2.49. The molecular weight excluding hydrogens is 176 g/mol. The molecule has 0 unspecified atom stereocenters. The normalized spacial score (nSPS) is 7.31. The third-order valence-electron chi connectivity index (χ3n) is 0.644. The van der Waals surface area contributed by atoms with E-state index < -0.39 is 11.9 Å². The molecule has 0 aliphatic heterocycles. The number of hydrogen-bond donors (Lipinski definition) is 3. The van der Waals surface area contributed by atoms with Gasteiger partial charge in [-0.3, -0.25) is 14.9 Å². The fourth-order valence-electron chi connectivity index (χ4n) is 0.276. The highest BCUT2D eigenvalue weighted by atomic mass is 16.4. The lowest BCUT2D eigenvalue weighted by molar-refractivity contribution is -0.137. The zero-order valence-corrected chi connectivity index (χ0v) is 6.86. The minimum Gasteiger partial charge on any atom is -0.480 e. The molecule has 0 aromatic carbocycles. The van der Waals surface area contributed by atoms with E-state index in [0.717, 1.165) is 0 Å². The molecule has 0 bridgehead atoms. The summed E-state index contributed by atoms with van der Waals surface area (Å²) in [6.07, 6.45) is 1.18. The Bertz CT molecular complexity index is 205. The van der Waals surface area contributed by atoms with Gasteiger partial charge >= 0.3 is 11.9 Å². The molecule has 0 rings (SSSR count). The van der Waals surface area contributed by atoms with E-state index >= 15 is 0 Å². The summed E-state index contributed by atoms with van der Waals surface area (Å²) in [5.74, 6) is -2.12. The van der Waals surface area contributed by atoms with E-state index in [4.69, 9.17) is 15.5 Å². The van der Waals surface area contributed by atoms with Crippen LogP contribution in [0.2, 0.25) is 0 Å². The lowest BCUT2D eigenvalue weighted by Crippen LogP contribution is -2.27. The van der Waals surface area contributed by atoms with Gasteiger partial charge in [0.2, 0.25) is 0 Å². The SMILES string of the molecule is C=CC#N.O=C(O)CNCC(=O)O. The molecule has 0 spiro atoms. The van der Waals surface area contributed by atoms with E-state index in [-0.39, 0.29) is 13.1 Å². The van der Waals surface area contributed by atoms with Gasteiger partial charge < -0.3 is 10.2 Å². The molecule has 0 amide bonds. The molecule has 6 heteroatoms. The zero-order valence-electron chi connectivity index (χ0n) is 6.86. The van der Waals surface area contributed by atoms with Crippen LogP contribution in [0.4, 0.5) is 0 Å². The zero-order chi connectivity index (χ0) is 10.7. The summed E-state index contributed by atoms with van der Waals surface area (Å²) in [5.41, 5.74) is 0. The number of aliphatic carboxylic acids is 2. The van der Waals surface area contributed by atoms with Gasteiger partial charge in [0.15, 0.2) is 0 Å². The molecule has 0 radical (unpaired) electrons. The molecule has 13 heavy (non-hydrogen) atoms. The first-order chi connectivity index (χ1) is 6.04. The fourth-order valence-corrected chi connectivity index (χ4v) is 0.276. The largest absolute Gasteiger partial charge is 0.480 e. The van der Waals surface area contributed by atoms with Crippen molar-refractivity contribution in [3.05, 3.63) is 12.7 Å². The Morgan fingerprint density at radius 3 is 1.85 bits per heavy atom. The Labute approximate surface area is 75.1 Å². The van der Waals surface area contributed by atoms with Gasteiger partial charge in [-0.25, -0.2) is 0 Å². The minimum absolute atomic E-state index is 0.313. The van der Waals surface area contributed by atoms with Gasteiger partial charge in [-0.2, -0.15) is 5.26 Å². The molecular formula is C7H10N2O4. The van der Waals surface area contributed by atoms with Crippen molar-refractivity contribution in [2.75, 3.05) is 13.1 Å². The summed E-state index contributed by atoms with van der Waals surface area (Å²) in [7, 11) is 0. The molecule has 0 aromatic heterocycles. The van der Waals surface area contributed by atoms with Crippen LogP contribution in [-0.4, -0.2) is 35.2 Å². The number of hydrogen-bond acceptors (Lipinski definition) is 4. The van der Waals surface area contributed by atoms with Crippen molar-refractivity contribution >= 4 is 11.9 Å². The van der Waals surface area contributed by atoms with Crippen LogP contribution in [0.15, 0.2) is 12.7 Å². The van der Waals surface area contributed by atoms with Crippen molar-refractivity contribution in [3.8, 4) is 6.07 Å². The highest BCUT2D eigenvalue weighted by Crippen LogP contribution is 1.61. The van der Waals surface area contributed by atoms with Crippen LogP contribution in [0.1, 0.15) is 0 Å². The van der Waals surface area contributed by atoms with Crippen LogP contribution in [0, 0.1) is 11.3 Å². The molecule has 0 saturated carbocycles. The summed E-state index contributed by atoms with van der Waals surface area (Å²) >= 11 is 0. The van der Waals surface area contributed by atoms with Crippen LogP contribution in [0.5, 0.6) is 0 Å². The van der Waals surface area contributed by atoms with Crippen molar-refractivity contribution in [2.24, 2.45) is 0 Å². The second-order valence-corrected chi connectivity index (χ2v) is 1.72. The van der Waals surface area contributed by atoms with Gasteiger partial charge in [0.25, 0.3) is 0 Å². The Balaban J connectivity index is 0. The monoisotopic (exact) mass is 186 g/mol. The number of rotatable bonds is 4. The van der Waals surface area contributed by atoms with Gasteiger partial charge in [0.05, 0.1) is 19.2 Å². The van der Waals surface area contributed by atoms with E-state index in [1.54, 1.807) is 6.07 Å². The predicted molar refractivity (Wildman–Crippen MR) is 44.0 cm³/mol. The molecule has 6 nitrogen and oxygen atoms in total. The Morgan fingerprint density at radius 2 is 1.69 bits per heavy atom. The van der Waals surface area contributed by atoms with E-state index in [2.05, 4.69) is 11.9 Å². The summed E-state index contributed by atoms with van der Waals surface area (Å²) in [6, 6.07) is 1.69. The highest BCUT2D eigenvalue weighted by Gasteiger charge is 1.97. The molecule has 72 valence electrons. The second-order valence-electron chi connectivity index (χ2n) is 1.72. The number of nitriles is 1. The molecule has 0 aromatic rings. The molecule has 0 aliphatic carbocycles. The predicted octanol–water partition coefficient (Wildman–Crippen LogP) is -0.559. The van der Waals surface area contributed by atoms with E-state index in [1.165, 1.54) is 6.08 Å². The first kappa shape index (κ1) is 13.7. The van der Waals surface area contributed by atoms with E-state index in [1.807, 2.05) is 0 Å². The first-order valence-corrected chi connectivity index (χ1v) is 3.19. The summed E-state index contributed by atoms with van der Waals surface area (Å²) < 4.78 is 0. The smallest absolute Gasteiger partial charge is 0.317 e. The number of nitrogens with one attached hydrogen (secondary N) is 1. The number of allylic oxidation sites excluding steroid dienone is 1. The lowest BCUT2D eigenvalue weighted by atomic mass is 10.6. The van der Waals surface area contributed by atoms with Gasteiger partial charge in [-0.1, -0.05) is 6.58 Å². The molecule has 0 saturated heterocycles. The van der Waals surface area contributed by atoms with Crippen LogP contribution in [0.25, 0.3) is 0 Å². The molecule has 0 aliphatic rings. The Morgan fingerprint density at radius 1 is 1.38 bits per heavy atom. The minimum atomic E-state index is -1.06. The number of nitrogens with zero attached hydrogens (tertiary/aromatic N) is 1. The average molecular weight is 186 g/mol. The third kappa shape index (κ3) is 25.4. The quantitative estimate of drug-likeness (QED) is 0.507. The van der Waals surface area contributed by atoms with Crippen molar-refractivity contribution < 1.29 is 19.8 Å². The molecule has 0 heterocycles. The van der Waals surface area contributed by atoms with Gasteiger partial charge in [0, 0.05) is 6.08 Å². The van der Waals surface area contributed by atoms with Crippen LogP contribution >= 0.6 is 0 Å². The topological polar surface area (TPSA) is 110 Å².